The lowest BCUT2D eigenvalue weighted by Gasteiger charge is -2.31. The zero-order valence-electron chi connectivity index (χ0n) is 17.6. The zero-order chi connectivity index (χ0) is 20.2. The van der Waals surface area contributed by atoms with Gasteiger partial charge in [-0.1, -0.05) is 24.3 Å². The summed E-state index contributed by atoms with van der Waals surface area (Å²) in [4.78, 5) is 30.0. The van der Waals surface area contributed by atoms with E-state index in [2.05, 4.69) is 34.1 Å². The molecule has 1 heterocycles. The molecule has 3 atom stereocenters. The number of carbonyl (C=O) groups excluding carboxylic acids is 2. The summed E-state index contributed by atoms with van der Waals surface area (Å²) < 4.78 is 5.18. The highest BCUT2D eigenvalue weighted by molar-refractivity contribution is 5.80. The lowest BCUT2D eigenvalue weighted by atomic mass is 9.83. The summed E-state index contributed by atoms with van der Waals surface area (Å²) in [6, 6.07) is 8.52. The maximum Gasteiger partial charge on any atom is 0.309 e. The molecule has 0 aromatic heterocycles. The van der Waals surface area contributed by atoms with Crippen molar-refractivity contribution < 1.29 is 14.3 Å². The summed E-state index contributed by atoms with van der Waals surface area (Å²) in [6.45, 7) is 7.01. The molecule has 5 heteroatoms. The van der Waals surface area contributed by atoms with Crippen LogP contribution in [-0.4, -0.2) is 61.0 Å². The number of benzene rings is 1. The summed E-state index contributed by atoms with van der Waals surface area (Å²) in [5.74, 6) is 0.532. The van der Waals surface area contributed by atoms with Crippen molar-refractivity contribution in [1.82, 2.24) is 9.80 Å². The normalized spacial score (nSPS) is 26.0. The standard InChI is InChI=1S/C24H34N2O3/c1-2-29-24(28)22-16-21(22)17-26(14-13-25-11-5-6-12-25)23(27)20-10-9-18-7-3-4-8-19(18)15-20/h3-4,7-8,20-22H,2,5-6,9-17H2,1H3/t20-,21-,22+/m1/s1. The number of fused-ring (bicyclic) bond motifs is 1. The first-order chi connectivity index (χ1) is 14.2. The van der Waals surface area contributed by atoms with Crippen LogP contribution in [0.5, 0.6) is 0 Å². The van der Waals surface area contributed by atoms with E-state index >= 15 is 0 Å². The average Bonchev–Trinajstić information content (AvgIpc) is 3.32. The van der Waals surface area contributed by atoms with Gasteiger partial charge >= 0.3 is 5.97 Å². The molecule has 5 nitrogen and oxygen atoms in total. The summed E-state index contributed by atoms with van der Waals surface area (Å²) >= 11 is 0. The molecule has 2 fully saturated rings. The maximum absolute atomic E-state index is 13.5. The molecule has 0 unspecified atom stereocenters. The van der Waals surface area contributed by atoms with E-state index in [-0.39, 0.29) is 29.6 Å². The van der Waals surface area contributed by atoms with Gasteiger partial charge in [0.1, 0.15) is 0 Å². The van der Waals surface area contributed by atoms with Crippen LogP contribution in [0.2, 0.25) is 0 Å². The first-order valence-corrected chi connectivity index (χ1v) is 11.4. The first kappa shape index (κ1) is 20.4. The minimum atomic E-state index is -0.0870. The van der Waals surface area contributed by atoms with Gasteiger partial charge in [-0.2, -0.15) is 0 Å². The van der Waals surface area contributed by atoms with Crippen LogP contribution < -0.4 is 0 Å². The van der Waals surface area contributed by atoms with Crippen molar-refractivity contribution >= 4 is 11.9 Å². The Morgan fingerprint density at radius 2 is 1.93 bits per heavy atom. The highest BCUT2D eigenvalue weighted by Gasteiger charge is 2.46. The number of nitrogens with zero attached hydrogens (tertiary/aromatic N) is 2. The minimum Gasteiger partial charge on any atom is -0.466 e. The highest BCUT2D eigenvalue weighted by Crippen LogP contribution is 2.40. The van der Waals surface area contributed by atoms with Crippen molar-refractivity contribution in [3.05, 3.63) is 35.4 Å². The number of hydrogen-bond donors (Lipinski definition) is 0. The van der Waals surface area contributed by atoms with E-state index in [9.17, 15) is 9.59 Å². The molecule has 1 aliphatic heterocycles. The van der Waals surface area contributed by atoms with Gasteiger partial charge in [0, 0.05) is 25.6 Å². The Labute approximate surface area is 174 Å². The zero-order valence-corrected chi connectivity index (χ0v) is 17.6. The van der Waals surface area contributed by atoms with Gasteiger partial charge in [0.05, 0.1) is 12.5 Å². The van der Waals surface area contributed by atoms with E-state index in [1.807, 2.05) is 6.92 Å². The highest BCUT2D eigenvalue weighted by atomic mass is 16.5. The second-order valence-corrected chi connectivity index (χ2v) is 8.90. The van der Waals surface area contributed by atoms with Gasteiger partial charge in [-0.25, -0.2) is 0 Å². The molecule has 3 aliphatic rings. The monoisotopic (exact) mass is 398 g/mol. The number of likely N-dealkylation sites (tertiary alicyclic amines) is 1. The van der Waals surface area contributed by atoms with Gasteiger partial charge in [0.2, 0.25) is 5.91 Å². The first-order valence-electron chi connectivity index (χ1n) is 11.4. The third-order valence-electron chi connectivity index (χ3n) is 6.86. The Hall–Kier alpha value is -1.88. The van der Waals surface area contributed by atoms with E-state index in [1.54, 1.807) is 0 Å². The molecule has 1 saturated heterocycles. The quantitative estimate of drug-likeness (QED) is 0.632. The van der Waals surface area contributed by atoms with Crippen molar-refractivity contribution in [3.8, 4) is 0 Å². The Kier molecular flexibility index (Phi) is 6.53. The largest absolute Gasteiger partial charge is 0.466 e. The van der Waals surface area contributed by atoms with Gasteiger partial charge in [0.25, 0.3) is 0 Å². The van der Waals surface area contributed by atoms with Crippen LogP contribution in [0.25, 0.3) is 0 Å². The fourth-order valence-corrected chi connectivity index (χ4v) is 5.00. The van der Waals surface area contributed by atoms with Crippen LogP contribution in [-0.2, 0) is 27.2 Å². The Morgan fingerprint density at radius 1 is 1.17 bits per heavy atom. The van der Waals surface area contributed by atoms with E-state index in [1.165, 1.54) is 24.0 Å². The van der Waals surface area contributed by atoms with Gasteiger partial charge in [-0.05, 0) is 75.6 Å². The molecule has 1 aromatic carbocycles. The second kappa shape index (κ2) is 9.29. The van der Waals surface area contributed by atoms with E-state index in [4.69, 9.17) is 4.74 Å². The molecule has 1 aromatic rings. The molecule has 0 spiro atoms. The number of aryl methyl sites for hydroxylation is 1. The molecule has 2 aliphatic carbocycles. The summed E-state index contributed by atoms with van der Waals surface area (Å²) in [5.41, 5.74) is 2.72. The third-order valence-corrected chi connectivity index (χ3v) is 6.86. The molecule has 0 radical (unpaired) electrons. The van der Waals surface area contributed by atoms with Crippen LogP contribution in [0.4, 0.5) is 0 Å². The molecule has 0 N–H and O–H groups in total. The maximum atomic E-state index is 13.5. The topological polar surface area (TPSA) is 49.9 Å². The fraction of sp³-hybridized carbons (Fsp3) is 0.667. The predicted molar refractivity (Wildman–Crippen MR) is 112 cm³/mol. The predicted octanol–water partition coefficient (Wildman–Crippen LogP) is 2.92. The number of amides is 1. The fourth-order valence-electron chi connectivity index (χ4n) is 5.00. The Bertz CT molecular complexity index is 729. The lowest BCUT2D eigenvalue weighted by molar-refractivity contribution is -0.145. The average molecular weight is 399 g/mol. The van der Waals surface area contributed by atoms with Crippen LogP contribution in [0.15, 0.2) is 24.3 Å². The van der Waals surface area contributed by atoms with Crippen molar-refractivity contribution in [1.29, 1.82) is 0 Å². The second-order valence-electron chi connectivity index (χ2n) is 8.90. The molecule has 1 saturated carbocycles. The van der Waals surface area contributed by atoms with Crippen LogP contribution >= 0.6 is 0 Å². The smallest absolute Gasteiger partial charge is 0.309 e. The van der Waals surface area contributed by atoms with Crippen LogP contribution in [0.3, 0.4) is 0 Å². The number of ether oxygens (including phenoxy) is 1. The Balaban J connectivity index is 1.39. The van der Waals surface area contributed by atoms with Crippen LogP contribution in [0, 0.1) is 17.8 Å². The van der Waals surface area contributed by atoms with E-state index < -0.39 is 0 Å². The third kappa shape index (κ3) is 5.00. The van der Waals surface area contributed by atoms with E-state index in [0.29, 0.717) is 13.2 Å². The molecule has 29 heavy (non-hydrogen) atoms. The van der Waals surface area contributed by atoms with Crippen molar-refractivity contribution in [3.63, 3.8) is 0 Å². The summed E-state index contributed by atoms with van der Waals surface area (Å²) in [7, 11) is 0. The molecule has 4 rings (SSSR count). The SMILES string of the molecule is CCOC(=O)[C@H]1C[C@@H]1CN(CCN1CCCC1)C(=O)[C@@H]1CCc2ccccc2C1. The number of rotatable bonds is 8. The van der Waals surface area contributed by atoms with Gasteiger partial charge < -0.3 is 14.5 Å². The molecular weight excluding hydrogens is 364 g/mol. The summed E-state index contributed by atoms with van der Waals surface area (Å²) in [5, 5.41) is 0. The lowest BCUT2D eigenvalue weighted by Crippen LogP contribution is -2.43. The molecule has 0 bridgehead atoms. The molecule has 1 amide bonds. The van der Waals surface area contributed by atoms with Crippen molar-refractivity contribution in [2.45, 2.75) is 45.4 Å². The molecular formula is C24H34N2O3. The van der Waals surface area contributed by atoms with Crippen molar-refractivity contribution in [2.75, 3.05) is 39.3 Å². The number of esters is 1. The Morgan fingerprint density at radius 3 is 2.69 bits per heavy atom. The van der Waals surface area contributed by atoms with Gasteiger partial charge in [-0.3, -0.25) is 9.59 Å². The van der Waals surface area contributed by atoms with Crippen molar-refractivity contribution in [2.24, 2.45) is 17.8 Å². The van der Waals surface area contributed by atoms with Crippen LogP contribution in [0.1, 0.15) is 43.7 Å². The van der Waals surface area contributed by atoms with E-state index in [0.717, 1.165) is 51.9 Å². The van der Waals surface area contributed by atoms with Gasteiger partial charge in [0.15, 0.2) is 0 Å². The van der Waals surface area contributed by atoms with Gasteiger partial charge in [-0.15, -0.1) is 0 Å². The minimum absolute atomic E-state index is 0.0101. The number of hydrogen-bond acceptors (Lipinski definition) is 4. The summed E-state index contributed by atoms with van der Waals surface area (Å²) in [6.07, 6.45) is 6.16. The number of carbonyl (C=O) groups is 2. The molecule has 158 valence electrons.